The highest BCUT2D eigenvalue weighted by atomic mass is 16.5. The second-order valence-corrected chi connectivity index (χ2v) is 9.47. The Hall–Kier alpha value is -3.21. The number of aromatic nitrogens is 1. The molecule has 0 saturated carbocycles. The van der Waals surface area contributed by atoms with Crippen LogP contribution in [0.5, 0.6) is 0 Å². The minimum absolute atomic E-state index is 0.0230. The first-order valence-corrected chi connectivity index (χ1v) is 12.0. The zero-order chi connectivity index (χ0) is 23.7. The van der Waals surface area contributed by atoms with Crippen molar-refractivity contribution in [2.24, 2.45) is 0 Å². The van der Waals surface area contributed by atoms with Crippen molar-refractivity contribution in [3.05, 3.63) is 83.9 Å². The fourth-order valence-electron chi connectivity index (χ4n) is 5.29. The maximum Gasteiger partial charge on any atom is 0.209 e. The molecule has 0 N–H and O–H groups in total. The predicted octanol–water partition coefficient (Wildman–Crippen LogP) is 6.18. The zero-order valence-corrected chi connectivity index (χ0v) is 20.5. The Balaban J connectivity index is 1.48. The van der Waals surface area contributed by atoms with Crippen LogP contribution in [0.1, 0.15) is 25.0 Å². The molecule has 34 heavy (non-hydrogen) atoms. The summed E-state index contributed by atoms with van der Waals surface area (Å²) in [4.78, 5) is 0. The van der Waals surface area contributed by atoms with E-state index in [1.54, 1.807) is 7.11 Å². The van der Waals surface area contributed by atoms with Gasteiger partial charge >= 0.3 is 0 Å². The minimum Gasteiger partial charge on any atom is -0.382 e. The summed E-state index contributed by atoms with van der Waals surface area (Å²) in [6, 6.07) is 24.1. The van der Waals surface area contributed by atoms with E-state index < -0.39 is 0 Å². The van der Waals surface area contributed by atoms with Crippen molar-refractivity contribution in [1.29, 1.82) is 0 Å². The van der Waals surface area contributed by atoms with E-state index in [2.05, 4.69) is 109 Å². The predicted molar refractivity (Wildman–Crippen MR) is 141 cm³/mol. The van der Waals surface area contributed by atoms with Gasteiger partial charge in [0.25, 0.3) is 0 Å². The molecule has 0 aliphatic carbocycles. The normalized spacial score (nSPS) is 15.2. The monoisotopic (exact) mass is 453 g/mol. The SMILES string of the molecule is COCCOCCn1c2ccccc2c2cc(/C=C/C3=[N+](C)c4ccccc4C3(C)C)ccc21. The van der Waals surface area contributed by atoms with Crippen LogP contribution in [0, 0.1) is 0 Å². The van der Waals surface area contributed by atoms with Crippen LogP contribution in [-0.4, -0.2) is 48.8 Å². The molecule has 0 unspecified atom stereocenters. The number of ether oxygens (including phenoxy) is 2. The number of nitrogens with zero attached hydrogens (tertiary/aromatic N) is 2. The molecule has 174 valence electrons. The molecule has 0 amide bonds. The largest absolute Gasteiger partial charge is 0.382 e. The van der Waals surface area contributed by atoms with Crippen LogP contribution in [0.15, 0.2) is 72.8 Å². The third kappa shape index (κ3) is 3.87. The number of hydrogen-bond donors (Lipinski definition) is 0. The average molecular weight is 454 g/mol. The zero-order valence-electron chi connectivity index (χ0n) is 20.5. The quantitative estimate of drug-likeness (QED) is 0.235. The molecule has 3 aromatic carbocycles. The van der Waals surface area contributed by atoms with E-state index >= 15 is 0 Å². The van der Waals surface area contributed by atoms with Crippen LogP contribution in [0.4, 0.5) is 5.69 Å². The van der Waals surface area contributed by atoms with Crippen LogP contribution in [-0.2, 0) is 21.4 Å². The van der Waals surface area contributed by atoms with E-state index in [0.717, 1.165) is 6.54 Å². The maximum atomic E-state index is 5.76. The number of benzene rings is 3. The Morgan fingerprint density at radius 1 is 0.853 bits per heavy atom. The van der Waals surface area contributed by atoms with Gasteiger partial charge in [-0.25, -0.2) is 0 Å². The Kier molecular flexibility index (Phi) is 6.11. The number of rotatable bonds is 8. The van der Waals surface area contributed by atoms with E-state index in [4.69, 9.17) is 9.47 Å². The van der Waals surface area contributed by atoms with E-state index in [1.807, 2.05) is 0 Å². The summed E-state index contributed by atoms with van der Waals surface area (Å²) >= 11 is 0. The van der Waals surface area contributed by atoms with Crippen molar-refractivity contribution in [2.45, 2.75) is 25.8 Å². The molecule has 2 heterocycles. The minimum atomic E-state index is -0.0230. The summed E-state index contributed by atoms with van der Waals surface area (Å²) in [5, 5.41) is 2.56. The first-order valence-electron chi connectivity index (χ1n) is 12.0. The molecule has 0 atom stereocenters. The van der Waals surface area contributed by atoms with Crippen LogP contribution < -0.4 is 0 Å². The van der Waals surface area contributed by atoms with Crippen LogP contribution in [0.2, 0.25) is 0 Å². The third-order valence-electron chi connectivity index (χ3n) is 7.06. The highest BCUT2D eigenvalue weighted by molar-refractivity contribution is 6.09. The van der Waals surface area contributed by atoms with Crippen molar-refractivity contribution in [3.8, 4) is 0 Å². The van der Waals surface area contributed by atoms with E-state index in [9.17, 15) is 0 Å². The Morgan fingerprint density at radius 3 is 2.44 bits per heavy atom. The maximum absolute atomic E-state index is 5.76. The Labute approximate surface area is 201 Å². The van der Waals surface area contributed by atoms with Crippen molar-refractivity contribution >= 4 is 39.3 Å². The molecule has 0 fully saturated rings. The fraction of sp³-hybridized carbons (Fsp3) is 0.300. The number of para-hydroxylation sites is 2. The van der Waals surface area contributed by atoms with Crippen molar-refractivity contribution in [3.63, 3.8) is 0 Å². The van der Waals surface area contributed by atoms with Crippen LogP contribution in [0.3, 0.4) is 0 Å². The fourth-order valence-corrected chi connectivity index (χ4v) is 5.29. The molecule has 4 aromatic rings. The van der Waals surface area contributed by atoms with Gasteiger partial charge in [0, 0.05) is 53.2 Å². The molecular weight excluding hydrogens is 420 g/mol. The van der Waals surface area contributed by atoms with Gasteiger partial charge in [0.15, 0.2) is 5.71 Å². The molecule has 4 heteroatoms. The lowest BCUT2D eigenvalue weighted by Gasteiger charge is -2.15. The summed E-state index contributed by atoms with van der Waals surface area (Å²) in [6.45, 7) is 7.34. The summed E-state index contributed by atoms with van der Waals surface area (Å²) in [5.74, 6) is 0. The molecule has 0 spiro atoms. The van der Waals surface area contributed by atoms with E-state index in [0.29, 0.717) is 19.8 Å². The van der Waals surface area contributed by atoms with Gasteiger partial charge in [-0.3, -0.25) is 0 Å². The molecule has 1 aliphatic heterocycles. The Bertz CT molecular complexity index is 1410. The van der Waals surface area contributed by atoms with Gasteiger partial charge in [0.1, 0.15) is 7.05 Å². The van der Waals surface area contributed by atoms with Crippen LogP contribution in [0.25, 0.3) is 27.9 Å². The highest BCUT2D eigenvalue weighted by Crippen LogP contribution is 2.39. The van der Waals surface area contributed by atoms with Crippen molar-refractivity contribution in [1.82, 2.24) is 4.57 Å². The Morgan fingerprint density at radius 2 is 1.62 bits per heavy atom. The van der Waals surface area contributed by atoms with E-state index in [-0.39, 0.29) is 5.41 Å². The molecule has 4 nitrogen and oxygen atoms in total. The lowest BCUT2D eigenvalue weighted by molar-refractivity contribution is -0.401. The first-order chi connectivity index (χ1) is 16.5. The van der Waals surface area contributed by atoms with Crippen LogP contribution >= 0.6 is 0 Å². The van der Waals surface area contributed by atoms with E-state index in [1.165, 1.54) is 44.3 Å². The second kappa shape index (κ2) is 9.21. The van der Waals surface area contributed by atoms with Crippen molar-refractivity contribution < 1.29 is 14.0 Å². The van der Waals surface area contributed by atoms with Crippen molar-refractivity contribution in [2.75, 3.05) is 34.0 Å². The summed E-state index contributed by atoms with van der Waals surface area (Å²) in [6.07, 6.45) is 4.53. The third-order valence-corrected chi connectivity index (χ3v) is 7.06. The number of hydrogen-bond acceptors (Lipinski definition) is 2. The standard InChI is InChI=1S/C30H33N2O2/c1-30(2)25-10-6-8-12-28(25)31(3)29(30)16-14-22-13-15-27-24(21-22)23-9-5-7-11-26(23)32(27)17-18-34-20-19-33-4/h5-16,21H,17-20H2,1-4H3/q+1. The van der Waals surface area contributed by atoms with Gasteiger partial charge in [0.2, 0.25) is 5.69 Å². The van der Waals surface area contributed by atoms with Gasteiger partial charge in [-0.2, -0.15) is 4.58 Å². The van der Waals surface area contributed by atoms with Gasteiger partial charge < -0.3 is 14.0 Å². The molecule has 1 aliphatic rings. The number of fused-ring (bicyclic) bond motifs is 4. The summed E-state index contributed by atoms with van der Waals surface area (Å²) in [7, 11) is 3.87. The summed E-state index contributed by atoms with van der Waals surface area (Å²) in [5.41, 5.74) is 7.65. The average Bonchev–Trinajstić information content (AvgIpc) is 3.26. The number of methoxy groups -OCH3 is 1. The topological polar surface area (TPSA) is 26.4 Å². The molecule has 0 saturated heterocycles. The molecule has 0 radical (unpaired) electrons. The summed E-state index contributed by atoms with van der Waals surface area (Å²) < 4.78 is 15.5. The lowest BCUT2D eigenvalue weighted by atomic mass is 9.81. The highest BCUT2D eigenvalue weighted by Gasteiger charge is 2.42. The van der Waals surface area contributed by atoms with Gasteiger partial charge in [-0.05, 0) is 43.7 Å². The lowest BCUT2D eigenvalue weighted by Crippen LogP contribution is -2.26. The number of allylic oxidation sites excluding steroid dienone is 1. The second-order valence-electron chi connectivity index (χ2n) is 9.47. The molecule has 0 bridgehead atoms. The van der Waals surface area contributed by atoms with Gasteiger partial charge in [0.05, 0.1) is 25.2 Å². The molecular formula is C30H33N2O2+. The molecule has 5 rings (SSSR count). The molecule has 1 aromatic heterocycles. The first kappa shape index (κ1) is 22.6. The van der Waals surface area contributed by atoms with Gasteiger partial charge in [-0.15, -0.1) is 0 Å². The smallest absolute Gasteiger partial charge is 0.209 e. The van der Waals surface area contributed by atoms with Gasteiger partial charge in [-0.1, -0.05) is 42.5 Å².